The molecule has 1 fully saturated rings. The van der Waals surface area contributed by atoms with Crippen LogP contribution in [0.1, 0.15) is 32.6 Å². The number of amides is 1. The number of benzene rings is 1. The van der Waals surface area contributed by atoms with Crippen LogP contribution < -0.4 is 10.1 Å². The Bertz CT molecular complexity index is 386. The highest BCUT2D eigenvalue weighted by molar-refractivity contribution is 5.95. The van der Waals surface area contributed by atoms with E-state index in [2.05, 4.69) is 12.2 Å². The quantitative estimate of drug-likeness (QED) is 0.766. The maximum absolute atomic E-state index is 11.7. The first-order valence-corrected chi connectivity index (χ1v) is 6.34. The predicted octanol–water partition coefficient (Wildman–Crippen LogP) is 3.21. The number of carbonyl (C=O) groups is 1. The molecule has 1 amide bonds. The summed E-state index contributed by atoms with van der Waals surface area (Å²) < 4.78 is 5.66. The van der Waals surface area contributed by atoms with E-state index in [0.717, 1.165) is 37.1 Å². The monoisotopic (exact) mass is 233 g/mol. The van der Waals surface area contributed by atoms with Crippen molar-refractivity contribution < 1.29 is 9.53 Å². The molecule has 0 bridgehead atoms. The van der Waals surface area contributed by atoms with Crippen molar-refractivity contribution >= 4 is 11.6 Å². The van der Waals surface area contributed by atoms with Crippen LogP contribution in [-0.2, 0) is 4.79 Å². The summed E-state index contributed by atoms with van der Waals surface area (Å²) in [5.74, 6) is 1.12. The molecule has 0 spiro atoms. The van der Waals surface area contributed by atoms with Gasteiger partial charge in [0.05, 0.1) is 12.3 Å². The van der Waals surface area contributed by atoms with Crippen LogP contribution in [0.25, 0.3) is 0 Å². The van der Waals surface area contributed by atoms with Crippen LogP contribution in [0.2, 0.25) is 0 Å². The first kappa shape index (κ1) is 12.0. The number of hydrogen-bond acceptors (Lipinski definition) is 2. The Hall–Kier alpha value is -1.51. The van der Waals surface area contributed by atoms with Gasteiger partial charge in [-0.05, 0) is 31.4 Å². The molecule has 17 heavy (non-hydrogen) atoms. The second kappa shape index (κ2) is 5.71. The molecule has 0 aromatic heterocycles. The number of anilines is 1. The van der Waals surface area contributed by atoms with Crippen LogP contribution in [-0.4, -0.2) is 12.5 Å². The minimum atomic E-state index is 0.122. The van der Waals surface area contributed by atoms with Gasteiger partial charge in [0.15, 0.2) is 0 Å². The lowest BCUT2D eigenvalue weighted by Crippen LogP contribution is -2.14. The molecule has 3 nitrogen and oxygen atoms in total. The summed E-state index contributed by atoms with van der Waals surface area (Å²) in [6.07, 6.45) is 4.18. The Labute approximate surface area is 102 Å². The largest absolute Gasteiger partial charge is 0.491 e. The standard InChI is InChI=1S/C14H19NO2/c1-2-3-10-17-13-7-5-4-6-12(13)15-14(16)11-8-9-11/h4-7,11H,2-3,8-10H2,1H3,(H,15,16). The molecular weight excluding hydrogens is 214 g/mol. The molecule has 0 heterocycles. The fourth-order valence-corrected chi connectivity index (χ4v) is 1.60. The highest BCUT2D eigenvalue weighted by Crippen LogP contribution is 2.32. The fraction of sp³-hybridized carbons (Fsp3) is 0.500. The van der Waals surface area contributed by atoms with Crippen molar-refractivity contribution in [2.75, 3.05) is 11.9 Å². The third-order valence-electron chi connectivity index (χ3n) is 2.85. The van der Waals surface area contributed by atoms with Crippen molar-refractivity contribution in [3.8, 4) is 5.75 Å². The Morgan fingerprint density at radius 1 is 1.41 bits per heavy atom. The summed E-state index contributed by atoms with van der Waals surface area (Å²) in [6.45, 7) is 2.83. The molecule has 0 saturated heterocycles. The summed E-state index contributed by atoms with van der Waals surface area (Å²) in [6, 6.07) is 7.63. The predicted molar refractivity (Wildman–Crippen MR) is 68.2 cm³/mol. The number of para-hydroxylation sites is 2. The van der Waals surface area contributed by atoms with E-state index in [4.69, 9.17) is 4.74 Å². The Kier molecular flexibility index (Phi) is 4.02. The lowest BCUT2D eigenvalue weighted by Gasteiger charge is -2.11. The number of unbranched alkanes of at least 4 members (excludes halogenated alkanes) is 1. The molecule has 1 aromatic rings. The molecule has 1 aliphatic rings. The zero-order valence-electron chi connectivity index (χ0n) is 10.2. The maximum Gasteiger partial charge on any atom is 0.227 e. The first-order valence-electron chi connectivity index (χ1n) is 6.34. The molecule has 0 aliphatic heterocycles. The minimum absolute atomic E-state index is 0.122. The van der Waals surface area contributed by atoms with Crippen molar-refractivity contribution in [1.29, 1.82) is 0 Å². The van der Waals surface area contributed by atoms with Crippen LogP contribution in [0.4, 0.5) is 5.69 Å². The van der Waals surface area contributed by atoms with Crippen LogP contribution in [0.5, 0.6) is 5.75 Å². The summed E-state index contributed by atoms with van der Waals surface area (Å²) in [5, 5.41) is 2.94. The second-order valence-corrected chi connectivity index (χ2v) is 4.46. The van der Waals surface area contributed by atoms with Crippen molar-refractivity contribution in [1.82, 2.24) is 0 Å². The van der Waals surface area contributed by atoms with E-state index in [-0.39, 0.29) is 11.8 Å². The fourth-order valence-electron chi connectivity index (χ4n) is 1.60. The average molecular weight is 233 g/mol. The van der Waals surface area contributed by atoms with Gasteiger partial charge in [-0.1, -0.05) is 25.5 Å². The van der Waals surface area contributed by atoms with E-state index in [9.17, 15) is 4.79 Å². The van der Waals surface area contributed by atoms with Gasteiger partial charge in [0.2, 0.25) is 5.91 Å². The van der Waals surface area contributed by atoms with Gasteiger partial charge >= 0.3 is 0 Å². The molecule has 2 rings (SSSR count). The number of carbonyl (C=O) groups excluding carboxylic acids is 1. The molecule has 1 aliphatic carbocycles. The van der Waals surface area contributed by atoms with Crippen molar-refractivity contribution in [2.45, 2.75) is 32.6 Å². The molecule has 1 aromatic carbocycles. The van der Waals surface area contributed by atoms with Gasteiger partial charge in [0.1, 0.15) is 5.75 Å². The highest BCUT2D eigenvalue weighted by atomic mass is 16.5. The van der Waals surface area contributed by atoms with Gasteiger partial charge in [0, 0.05) is 5.92 Å². The van der Waals surface area contributed by atoms with E-state index < -0.39 is 0 Å². The maximum atomic E-state index is 11.7. The topological polar surface area (TPSA) is 38.3 Å². The highest BCUT2D eigenvalue weighted by Gasteiger charge is 2.29. The average Bonchev–Trinajstić information content (AvgIpc) is 3.15. The first-order chi connectivity index (χ1) is 8.31. The Morgan fingerprint density at radius 2 is 2.18 bits per heavy atom. The van der Waals surface area contributed by atoms with Gasteiger partial charge < -0.3 is 10.1 Å². The molecule has 92 valence electrons. The van der Waals surface area contributed by atoms with E-state index in [1.807, 2.05) is 24.3 Å². The van der Waals surface area contributed by atoms with Crippen LogP contribution in [0, 0.1) is 5.92 Å². The van der Waals surface area contributed by atoms with Crippen molar-refractivity contribution in [3.63, 3.8) is 0 Å². The third kappa shape index (κ3) is 3.48. The number of hydrogen-bond donors (Lipinski definition) is 1. The smallest absolute Gasteiger partial charge is 0.227 e. The normalized spacial score (nSPS) is 14.4. The lowest BCUT2D eigenvalue weighted by atomic mass is 10.2. The van der Waals surface area contributed by atoms with Gasteiger partial charge in [-0.15, -0.1) is 0 Å². The zero-order valence-corrected chi connectivity index (χ0v) is 10.2. The Balaban J connectivity index is 1.96. The Morgan fingerprint density at radius 3 is 2.88 bits per heavy atom. The van der Waals surface area contributed by atoms with Gasteiger partial charge in [-0.25, -0.2) is 0 Å². The second-order valence-electron chi connectivity index (χ2n) is 4.46. The molecule has 1 N–H and O–H groups in total. The van der Waals surface area contributed by atoms with Gasteiger partial charge in [-0.3, -0.25) is 4.79 Å². The van der Waals surface area contributed by atoms with E-state index >= 15 is 0 Å². The minimum Gasteiger partial charge on any atom is -0.491 e. The van der Waals surface area contributed by atoms with E-state index in [0.29, 0.717) is 6.61 Å². The zero-order chi connectivity index (χ0) is 12.1. The lowest BCUT2D eigenvalue weighted by molar-refractivity contribution is -0.117. The van der Waals surface area contributed by atoms with Crippen LogP contribution >= 0.6 is 0 Å². The number of rotatable bonds is 6. The van der Waals surface area contributed by atoms with Crippen molar-refractivity contribution in [3.05, 3.63) is 24.3 Å². The molecule has 1 saturated carbocycles. The third-order valence-corrected chi connectivity index (χ3v) is 2.85. The molecule has 0 radical (unpaired) electrons. The van der Waals surface area contributed by atoms with Gasteiger partial charge in [-0.2, -0.15) is 0 Å². The SMILES string of the molecule is CCCCOc1ccccc1NC(=O)C1CC1. The summed E-state index contributed by atoms with van der Waals surface area (Å²) in [5.41, 5.74) is 0.792. The van der Waals surface area contributed by atoms with E-state index in [1.54, 1.807) is 0 Å². The number of nitrogens with one attached hydrogen (secondary N) is 1. The molecule has 0 atom stereocenters. The van der Waals surface area contributed by atoms with Crippen LogP contribution in [0.3, 0.4) is 0 Å². The van der Waals surface area contributed by atoms with Crippen LogP contribution in [0.15, 0.2) is 24.3 Å². The van der Waals surface area contributed by atoms with E-state index in [1.165, 1.54) is 0 Å². The summed E-state index contributed by atoms with van der Waals surface area (Å²) >= 11 is 0. The number of ether oxygens (including phenoxy) is 1. The summed E-state index contributed by atoms with van der Waals surface area (Å²) in [4.78, 5) is 11.7. The molecular formula is C14H19NO2. The van der Waals surface area contributed by atoms with Crippen molar-refractivity contribution in [2.24, 2.45) is 5.92 Å². The molecule has 3 heteroatoms. The molecule has 0 unspecified atom stereocenters. The summed E-state index contributed by atoms with van der Waals surface area (Å²) in [7, 11) is 0. The van der Waals surface area contributed by atoms with Gasteiger partial charge in [0.25, 0.3) is 0 Å².